The highest BCUT2D eigenvalue weighted by Gasteiger charge is 2.15. The van der Waals surface area contributed by atoms with Crippen LogP contribution < -0.4 is 10.6 Å². The van der Waals surface area contributed by atoms with Crippen LogP contribution in [0.25, 0.3) is 6.08 Å². The second-order valence-corrected chi connectivity index (χ2v) is 6.71. The second kappa shape index (κ2) is 10.8. The van der Waals surface area contributed by atoms with Gasteiger partial charge < -0.3 is 15.4 Å². The fourth-order valence-electron chi connectivity index (χ4n) is 2.59. The van der Waals surface area contributed by atoms with Crippen molar-refractivity contribution in [2.24, 2.45) is 0 Å². The fraction of sp³-hybridized carbons (Fsp3) is 0.261. The maximum Gasteiger partial charge on any atom is 0.355 e. The molecular formula is C23H26N2O4. The first-order valence-corrected chi connectivity index (χ1v) is 9.50. The molecule has 0 fully saturated rings. The van der Waals surface area contributed by atoms with E-state index in [4.69, 9.17) is 4.74 Å². The van der Waals surface area contributed by atoms with Crippen molar-refractivity contribution >= 4 is 29.5 Å². The molecular weight excluding hydrogens is 368 g/mol. The summed E-state index contributed by atoms with van der Waals surface area (Å²) < 4.78 is 5.06. The molecule has 2 rings (SSSR count). The first-order chi connectivity index (χ1) is 13.9. The number of hydrogen-bond acceptors (Lipinski definition) is 4. The number of ether oxygens (including phenoxy) is 1. The van der Waals surface area contributed by atoms with E-state index in [0.29, 0.717) is 11.6 Å². The molecule has 29 heavy (non-hydrogen) atoms. The lowest BCUT2D eigenvalue weighted by molar-refractivity contribution is -0.144. The molecule has 0 aliphatic carbocycles. The van der Waals surface area contributed by atoms with Gasteiger partial charge in [0.1, 0.15) is 5.70 Å². The van der Waals surface area contributed by atoms with E-state index in [1.54, 1.807) is 12.1 Å². The quantitative estimate of drug-likeness (QED) is 0.526. The number of carbonyl (C=O) groups is 3. The molecule has 1 unspecified atom stereocenters. The topological polar surface area (TPSA) is 84.5 Å². The Hall–Kier alpha value is -3.41. The van der Waals surface area contributed by atoms with Crippen LogP contribution in [0.5, 0.6) is 0 Å². The maximum absolute atomic E-state index is 12.3. The predicted molar refractivity (Wildman–Crippen MR) is 113 cm³/mol. The van der Waals surface area contributed by atoms with Gasteiger partial charge in [0.25, 0.3) is 5.91 Å². The Labute approximate surface area is 171 Å². The smallest absolute Gasteiger partial charge is 0.355 e. The van der Waals surface area contributed by atoms with Crippen LogP contribution >= 0.6 is 0 Å². The first-order valence-electron chi connectivity index (χ1n) is 9.50. The van der Waals surface area contributed by atoms with Crippen molar-refractivity contribution in [1.29, 1.82) is 0 Å². The van der Waals surface area contributed by atoms with E-state index >= 15 is 0 Å². The molecule has 0 aliphatic heterocycles. The Kier molecular flexibility index (Phi) is 8.15. The van der Waals surface area contributed by atoms with Crippen LogP contribution in [0.15, 0.2) is 60.3 Å². The standard InChI is InChI=1S/C23H26N2O4/c1-4-16(2)19-10-12-20(13-11-19)25-22(27)15-29-23(28)21(24-17(3)26)14-18-8-6-5-7-9-18/h5-14,16H,4,15H2,1-3H3,(H,24,26)(H,25,27)/b21-14+. The van der Waals surface area contributed by atoms with Gasteiger partial charge in [0.05, 0.1) is 0 Å². The molecule has 0 aromatic heterocycles. The SMILES string of the molecule is CCC(C)c1ccc(NC(=O)COC(=O)/C(=C\c2ccccc2)NC(C)=O)cc1. The summed E-state index contributed by atoms with van der Waals surface area (Å²) in [5.74, 6) is -1.21. The predicted octanol–water partition coefficient (Wildman–Crippen LogP) is 3.86. The van der Waals surface area contributed by atoms with Crippen LogP contribution in [0.3, 0.4) is 0 Å². The third kappa shape index (κ3) is 7.25. The minimum atomic E-state index is -0.786. The zero-order valence-corrected chi connectivity index (χ0v) is 16.9. The maximum atomic E-state index is 12.3. The second-order valence-electron chi connectivity index (χ2n) is 6.71. The number of hydrogen-bond donors (Lipinski definition) is 2. The Bertz CT molecular complexity index is 874. The lowest BCUT2D eigenvalue weighted by Crippen LogP contribution is -2.28. The number of carbonyl (C=O) groups excluding carboxylic acids is 3. The summed E-state index contributed by atoms with van der Waals surface area (Å²) in [5.41, 5.74) is 2.51. The van der Waals surface area contributed by atoms with Crippen molar-refractivity contribution in [1.82, 2.24) is 5.32 Å². The molecule has 6 heteroatoms. The monoisotopic (exact) mass is 394 g/mol. The summed E-state index contributed by atoms with van der Waals surface area (Å²) in [6.45, 7) is 5.10. The van der Waals surface area contributed by atoms with E-state index in [9.17, 15) is 14.4 Å². The Morgan fingerprint density at radius 2 is 1.69 bits per heavy atom. The third-order valence-electron chi connectivity index (χ3n) is 4.35. The highest BCUT2D eigenvalue weighted by atomic mass is 16.5. The van der Waals surface area contributed by atoms with Crippen LogP contribution in [0, 0.1) is 0 Å². The van der Waals surface area contributed by atoms with Gasteiger partial charge in [-0.05, 0) is 41.7 Å². The molecule has 2 N–H and O–H groups in total. The Morgan fingerprint density at radius 3 is 2.28 bits per heavy atom. The van der Waals surface area contributed by atoms with Gasteiger partial charge in [0, 0.05) is 12.6 Å². The van der Waals surface area contributed by atoms with Crippen LogP contribution in [0.4, 0.5) is 5.69 Å². The Morgan fingerprint density at radius 1 is 1.03 bits per heavy atom. The molecule has 2 aromatic rings. The van der Waals surface area contributed by atoms with Crippen molar-refractivity contribution in [3.8, 4) is 0 Å². The summed E-state index contributed by atoms with van der Waals surface area (Å²) in [6.07, 6.45) is 2.53. The van der Waals surface area contributed by atoms with Gasteiger partial charge >= 0.3 is 5.97 Å². The minimum absolute atomic E-state index is 0.0330. The molecule has 0 saturated carbocycles. The van der Waals surface area contributed by atoms with Gasteiger partial charge in [-0.15, -0.1) is 0 Å². The fourth-order valence-corrected chi connectivity index (χ4v) is 2.59. The van der Waals surface area contributed by atoms with E-state index in [1.807, 2.05) is 42.5 Å². The van der Waals surface area contributed by atoms with Crippen molar-refractivity contribution < 1.29 is 19.1 Å². The lowest BCUT2D eigenvalue weighted by Gasteiger charge is -2.11. The number of benzene rings is 2. The van der Waals surface area contributed by atoms with E-state index in [-0.39, 0.29) is 5.70 Å². The van der Waals surface area contributed by atoms with E-state index < -0.39 is 24.4 Å². The van der Waals surface area contributed by atoms with E-state index in [2.05, 4.69) is 24.5 Å². The number of amides is 2. The summed E-state index contributed by atoms with van der Waals surface area (Å²) in [7, 11) is 0. The number of rotatable bonds is 8. The molecule has 2 aromatic carbocycles. The molecule has 0 heterocycles. The molecule has 0 saturated heterocycles. The highest BCUT2D eigenvalue weighted by Crippen LogP contribution is 2.20. The van der Waals surface area contributed by atoms with Crippen molar-refractivity contribution in [2.45, 2.75) is 33.1 Å². The van der Waals surface area contributed by atoms with Gasteiger partial charge in [-0.3, -0.25) is 9.59 Å². The molecule has 0 spiro atoms. The van der Waals surface area contributed by atoms with Crippen LogP contribution in [-0.4, -0.2) is 24.4 Å². The largest absolute Gasteiger partial charge is 0.451 e. The van der Waals surface area contributed by atoms with Crippen molar-refractivity contribution in [3.05, 3.63) is 71.4 Å². The van der Waals surface area contributed by atoms with E-state index in [1.165, 1.54) is 18.6 Å². The molecule has 0 radical (unpaired) electrons. The first kappa shape index (κ1) is 21.9. The minimum Gasteiger partial charge on any atom is -0.451 e. The molecule has 1 atom stereocenters. The van der Waals surface area contributed by atoms with Gasteiger partial charge in [-0.2, -0.15) is 0 Å². The zero-order valence-electron chi connectivity index (χ0n) is 16.9. The van der Waals surface area contributed by atoms with Gasteiger partial charge in [-0.1, -0.05) is 56.3 Å². The lowest BCUT2D eigenvalue weighted by atomic mass is 9.99. The Balaban J connectivity index is 1.95. The summed E-state index contributed by atoms with van der Waals surface area (Å²) >= 11 is 0. The number of anilines is 1. The number of nitrogens with one attached hydrogen (secondary N) is 2. The molecule has 2 amide bonds. The molecule has 0 aliphatic rings. The van der Waals surface area contributed by atoms with Crippen molar-refractivity contribution in [2.75, 3.05) is 11.9 Å². The van der Waals surface area contributed by atoms with Crippen LogP contribution in [0.2, 0.25) is 0 Å². The van der Waals surface area contributed by atoms with E-state index in [0.717, 1.165) is 12.0 Å². The van der Waals surface area contributed by atoms with Gasteiger partial charge in [0.2, 0.25) is 5.91 Å². The van der Waals surface area contributed by atoms with Crippen LogP contribution in [-0.2, 0) is 19.1 Å². The molecule has 0 bridgehead atoms. The highest BCUT2D eigenvalue weighted by molar-refractivity contribution is 5.99. The summed E-state index contributed by atoms with van der Waals surface area (Å²) in [5, 5.41) is 5.13. The van der Waals surface area contributed by atoms with Crippen molar-refractivity contribution in [3.63, 3.8) is 0 Å². The average molecular weight is 394 g/mol. The molecule has 152 valence electrons. The molecule has 6 nitrogen and oxygen atoms in total. The average Bonchev–Trinajstić information content (AvgIpc) is 2.72. The number of esters is 1. The third-order valence-corrected chi connectivity index (χ3v) is 4.35. The van der Waals surface area contributed by atoms with Gasteiger partial charge in [-0.25, -0.2) is 4.79 Å². The summed E-state index contributed by atoms with van der Waals surface area (Å²) in [4.78, 5) is 35.8. The van der Waals surface area contributed by atoms with Crippen LogP contribution in [0.1, 0.15) is 44.2 Å². The zero-order chi connectivity index (χ0) is 21.2. The normalized spacial score (nSPS) is 12.0. The summed E-state index contributed by atoms with van der Waals surface area (Å²) in [6, 6.07) is 16.6. The van der Waals surface area contributed by atoms with Gasteiger partial charge in [0.15, 0.2) is 6.61 Å².